The third kappa shape index (κ3) is 5.22. The molecule has 0 saturated heterocycles. The van der Waals surface area contributed by atoms with Gasteiger partial charge in [-0.3, -0.25) is 0 Å². The first-order valence-electron chi connectivity index (χ1n) is 5.90. The van der Waals surface area contributed by atoms with Gasteiger partial charge in [-0.2, -0.15) is 0 Å². The summed E-state index contributed by atoms with van der Waals surface area (Å²) < 4.78 is 5.01. The maximum absolute atomic E-state index is 6.12. The molecule has 0 bridgehead atoms. The molecule has 0 aromatic carbocycles. The SMILES string of the molecule is CCCNc1nc(SCCCOC)c(Cl)cc1Cl. The van der Waals surface area contributed by atoms with Gasteiger partial charge in [-0.25, -0.2) is 4.98 Å². The van der Waals surface area contributed by atoms with Gasteiger partial charge in [0.15, 0.2) is 0 Å². The topological polar surface area (TPSA) is 34.2 Å². The summed E-state index contributed by atoms with van der Waals surface area (Å²) in [5.74, 6) is 1.63. The molecule has 6 heteroatoms. The molecule has 1 aromatic rings. The van der Waals surface area contributed by atoms with Crippen LogP contribution in [0, 0.1) is 0 Å². The van der Waals surface area contributed by atoms with Gasteiger partial charge in [-0.05, 0) is 18.9 Å². The zero-order valence-electron chi connectivity index (χ0n) is 10.6. The van der Waals surface area contributed by atoms with Crippen molar-refractivity contribution in [2.45, 2.75) is 24.8 Å². The number of thioether (sulfide) groups is 1. The summed E-state index contributed by atoms with van der Waals surface area (Å²) in [5.41, 5.74) is 0. The smallest absolute Gasteiger partial charge is 0.146 e. The van der Waals surface area contributed by atoms with E-state index in [0.29, 0.717) is 15.9 Å². The molecule has 0 fully saturated rings. The molecule has 0 amide bonds. The van der Waals surface area contributed by atoms with Gasteiger partial charge in [0, 0.05) is 26.0 Å². The van der Waals surface area contributed by atoms with Crippen molar-refractivity contribution in [3.63, 3.8) is 0 Å². The molecule has 0 aliphatic heterocycles. The predicted molar refractivity (Wildman–Crippen MR) is 80.3 cm³/mol. The third-order valence-corrected chi connectivity index (χ3v) is 3.94. The second kappa shape index (κ2) is 8.86. The number of rotatable bonds is 8. The van der Waals surface area contributed by atoms with Crippen LogP contribution in [0.2, 0.25) is 10.0 Å². The van der Waals surface area contributed by atoms with Crippen LogP contribution >= 0.6 is 35.0 Å². The van der Waals surface area contributed by atoms with Crippen LogP contribution in [-0.2, 0) is 4.74 Å². The maximum Gasteiger partial charge on any atom is 0.146 e. The number of ether oxygens (including phenoxy) is 1. The lowest BCUT2D eigenvalue weighted by Gasteiger charge is -2.10. The quantitative estimate of drug-likeness (QED) is 0.572. The number of pyridine rings is 1. The Morgan fingerprint density at radius 1 is 1.39 bits per heavy atom. The van der Waals surface area contributed by atoms with E-state index in [2.05, 4.69) is 17.2 Å². The molecule has 0 saturated carbocycles. The molecule has 102 valence electrons. The molecule has 1 heterocycles. The van der Waals surface area contributed by atoms with E-state index in [1.165, 1.54) is 0 Å². The normalized spacial score (nSPS) is 10.7. The van der Waals surface area contributed by atoms with Crippen molar-refractivity contribution in [1.82, 2.24) is 4.98 Å². The van der Waals surface area contributed by atoms with E-state index >= 15 is 0 Å². The van der Waals surface area contributed by atoms with Gasteiger partial charge in [0.25, 0.3) is 0 Å². The minimum atomic E-state index is 0.565. The number of methoxy groups -OCH3 is 1. The van der Waals surface area contributed by atoms with Crippen molar-refractivity contribution in [3.8, 4) is 0 Å². The molecule has 0 unspecified atom stereocenters. The van der Waals surface area contributed by atoms with E-state index in [4.69, 9.17) is 27.9 Å². The number of anilines is 1. The van der Waals surface area contributed by atoms with E-state index in [0.717, 1.165) is 36.8 Å². The maximum atomic E-state index is 6.12. The summed E-state index contributed by atoms with van der Waals surface area (Å²) >= 11 is 13.8. The van der Waals surface area contributed by atoms with Crippen molar-refractivity contribution in [2.75, 3.05) is 31.3 Å². The molecular formula is C12H18Cl2N2OS. The lowest BCUT2D eigenvalue weighted by atomic mass is 10.4. The van der Waals surface area contributed by atoms with Crippen LogP contribution in [0.3, 0.4) is 0 Å². The Kier molecular flexibility index (Phi) is 7.82. The fourth-order valence-electron chi connectivity index (χ4n) is 1.29. The Morgan fingerprint density at radius 2 is 2.17 bits per heavy atom. The highest BCUT2D eigenvalue weighted by atomic mass is 35.5. The van der Waals surface area contributed by atoms with Crippen LogP contribution < -0.4 is 5.32 Å². The standard InChI is InChI=1S/C12H18Cl2N2OS/c1-3-5-15-11-9(13)8-10(14)12(16-11)18-7-4-6-17-2/h8H,3-7H2,1-2H3,(H,15,16). The molecule has 1 rings (SSSR count). The van der Waals surface area contributed by atoms with Gasteiger partial charge in [0.1, 0.15) is 10.8 Å². The Labute approximate surface area is 123 Å². The average molecular weight is 309 g/mol. The lowest BCUT2D eigenvalue weighted by molar-refractivity contribution is 0.200. The molecule has 0 aliphatic rings. The Bertz CT molecular complexity index is 377. The van der Waals surface area contributed by atoms with Gasteiger partial charge in [-0.1, -0.05) is 30.1 Å². The summed E-state index contributed by atoms with van der Waals surface area (Å²) in [4.78, 5) is 4.45. The molecule has 0 atom stereocenters. The van der Waals surface area contributed by atoms with E-state index in [1.807, 2.05) is 0 Å². The summed E-state index contributed by atoms with van der Waals surface area (Å²) in [5, 5.41) is 5.17. The van der Waals surface area contributed by atoms with Crippen LogP contribution in [0.15, 0.2) is 11.1 Å². The lowest BCUT2D eigenvalue weighted by Crippen LogP contribution is -2.03. The van der Waals surface area contributed by atoms with E-state index in [1.54, 1.807) is 24.9 Å². The number of aromatic nitrogens is 1. The van der Waals surface area contributed by atoms with Gasteiger partial charge in [-0.15, -0.1) is 11.8 Å². The average Bonchev–Trinajstić information content (AvgIpc) is 2.35. The highest BCUT2D eigenvalue weighted by Crippen LogP contribution is 2.32. The first-order valence-corrected chi connectivity index (χ1v) is 7.64. The zero-order valence-corrected chi connectivity index (χ0v) is 13.0. The second-order valence-corrected chi connectivity index (χ2v) is 5.63. The van der Waals surface area contributed by atoms with Crippen molar-refractivity contribution < 1.29 is 4.74 Å². The van der Waals surface area contributed by atoms with Crippen LogP contribution in [0.1, 0.15) is 19.8 Å². The predicted octanol–water partition coefficient (Wildman–Crippen LogP) is 4.34. The number of hydrogen-bond donors (Lipinski definition) is 1. The van der Waals surface area contributed by atoms with Crippen LogP contribution in [-0.4, -0.2) is 31.0 Å². The molecule has 1 N–H and O–H groups in total. The number of hydrogen-bond acceptors (Lipinski definition) is 4. The molecule has 0 aliphatic carbocycles. The Hall–Kier alpha value is -0.160. The van der Waals surface area contributed by atoms with E-state index in [9.17, 15) is 0 Å². The highest BCUT2D eigenvalue weighted by molar-refractivity contribution is 7.99. The summed E-state index contributed by atoms with van der Waals surface area (Å²) in [7, 11) is 1.70. The van der Waals surface area contributed by atoms with Crippen molar-refractivity contribution in [1.29, 1.82) is 0 Å². The fourth-order valence-corrected chi connectivity index (χ4v) is 2.69. The molecule has 3 nitrogen and oxygen atoms in total. The monoisotopic (exact) mass is 308 g/mol. The molecule has 0 radical (unpaired) electrons. The molecule has 1 aromatic heterocycles. The minimum absolute atomic E-state index is 0.565. The van der Waals surface area contributed by atoms with Gasteiger partial charge >= 0.3 is 0 Å². The summed E-state index contributed by atoms with van der Waals surface area (Å²) in [6.07, 6.45) is 2.00. The molecular weight excluding hydrogens is 291 g/mol. The van der Waals surface area contributed by atoms with Crippen LogP contribution in [0.25, 0.3) is 0 Å². The summed E-state index contributed by atoms with van der Waals surface area (Å²) in [6.45, 7) is 3.69. The molecule has 18 heavy (non-hydrogen) atoms. The minimum Gasteiger partial charge on any atom is -0.385 e. The van der Waals surface area contributed by atoms with Gasteiger partial charge in [0.05, 0.1) is 10.0 Å². The highest BCUT2D eigenvalue weighted by Gasteiger charge is 2.09. The number of nitrogens with zero attached hydrogens (tertiary/aromatic N) is 1. The largest absolute Gasteiger partial charge is 0.385 e. The summed E-state index contributed by atoms with van der Waals surface area (Å²) in [6, 6.07) is 1.74. The number of nitrogens with one attached hydrogen (secondary N) is 1. The van der Waals surface area contributed by atoms with E-state index < -0.39 is 0 Å². The van der Waals surface area contributed by atoms with Crippen molar-refractivity contribution in [3.05, 3.63) is 16.1 Å². The van der Waals surface area contributed by atoms with Crippen LogP contribution in [0.4, 0.5) is 5.82 Å². The zero-order chi connectivity index (χ0) is 13.4. The Morgan fingerprint density at radius 3 is 2.83 bits per heavy atom. The van der Waals surface area contributed by atoms with Crippen molar-refractivity contribution in [2.24, 2.45) is 0 Å². The fraction of sp³-hybridized carbons (Fsp3) is 0.583. The number of halogens is 2. The second-order valence-electron chi connectivity index (χ2n) is 3.73. The Balaban J connectivity index is 2.65. The van der Waals surface area contributed by atoms with Gasteiger partial charge < -0.3 is 10.1 Å². The third-order valence-electron chi connectivity index (χ3n) is 2.17. The first-order chi connectivity index (χ1) is 8.69. The molecule has 0 spiro atoms. The first kappa shape index (κ1) is 15.9. The van der Waals surface area contributed by atoms with Gasteiger partial charge in [0.2, 0.25) is 0 Å². The van der Waals surface area contributed by atoms with E-state index in [-0.39, 0.29) is 0 Å². The van der Waals surface area contributed by atoms with Crippen molar-refractivity contribution >= 4 is 40.8 Å². The van der Waals surface area contributed by atoms with Crippen LogP contribution in [0.5, 0.6) is 0 Å².